The van der Waals surface area contributed by atoms with E-state index in [1.807, 2.05) is 30.5 Å². The zero-order valence-corrected chi connectivity index (χ0v) is 12.4. The first-order chi connectivity index (χ1) is 9.17. The first kappa shape index (κ1) is 14.0. The highest BCUT2D eigenvalue weighted by Crippen LogP contribution is 2.34. The van der Waals surface area contributed by atoms with E-state index in [9.17, 15) is 4.79 Å². The number of hydrogen-bond donors (Lipinski definition) is 0. The molecule has 1 aromatic carbocycles. The average molecular weight is 295 g/mol. The summed E-state index contributed by atoms with van der Waals surface area (Å²) in [5.74, 6) is 1.11. The van der Waals surface area contributed by atoms with Gasteiger partial charge in [-0.05, 0) is 30.0 Å². The molecular formula is C13H13NO3S2. The van der Waals surface area contributed by atoms with Crippen molar-refractivity contribution < 1.29 is 14.3 Å². The van der Waals surface area contributed by atoms with Crippen molar-refractivity contribution in [2.45, 2.75) is 0 Å². The van der Waals surface area contributed by atoms with E-state index in [1.165, 1.54) is 23.5 Å². The Morgan fingerprint density at radius 3 is 2.58 bits per heavy atom. The van der Waals surface area contributed by atoms with Crippen LogP contribution in [0.25, 0.3) is 6.08 Å². The van der Waals surface area contributed by atoms with Gasteiger partial charge in [-0.2, -0.15) is 4.99 Å². The highest BCUT2D eigenvalue weighted by molar-refractivity contribution is 8.40. The number of amides is 1. The highest BCUT2D eigenvalue weighted by atomic mass is 32.2. The van der Waals surface area contributed by atoms with Gasteiger partial charge >= 0.3 is 0 Å². The molecule has 0 aliphatic carbocycles. The monoisotopic (exact) mass is 295 g/mol. The average Bonchev–Trinajstić information content (AvgIpc) is 2.79. The Balaban J connectivity index is 2.27. The summed E-state index contributed by atoms with van der Waals surface area (Å²) in [4.78, 5) is 16.2. The molecule has 0 N–H and O–H groups in total. The Kier molecular flexibility index (Phi) is 4.55. The number of rotatable bonds is 3. The molecule has 0 bridgehead atoms. The summed E-state index contributed by atoms with van der Waals surface area (Å²) in [6.07, 6.45) is 3.71. The first-order valence-corrected chi connectivity index (χ1v) is 7.50. The van der Waals surface area contributed by atoms with Crippen molar-refractivity contribution in [2.24, 2.45) is 4.99 Å². The fraction of sp³-hybridized carbons (Fsp3) is 0.231. The standard InChI is InChI=1S/C13H13NO3S2/c1-16-9-5-4-8(6-10(9)17-2)7-11-12(15)14-13(18-3)19-11/h4-7H,1-3H3. The Labute approximate surface area is 120 Å². The van der Waals surface area contributed by atoms with Crippen LogP contribution in [0, 0.1) is 0 Å². The highest BCUT2D eigenvalue weighted by Gasteiger charge is 2.21. The quantitative estimate of drug-likeness (QED) is 0.802. The van der Waals surface area contributed by atoms with Crippen LogP contribution in [-0.2, 0) is 4.79 Å². The largest absolute Gasteiger partial charge is 0.493 e. The van der Waals surface area contributed by atoms with Crippen molar-refractivity contribution in [3.05, 3.63) is 28.7 Å². The van der Waals surface area contributed by atoms with Crippen molar-refractivity contribution in [3.8, 4) is 11.5 Å². The maximum atomic E-state index is 11.7. The fourth-order valence-electron chi connectivity index (χ4n) is 1.57. The maximum absolute atomic E-state index is 11.7. The molecule has 100 valence electrons. The number of carbonyl (C=O) groups is 1. The smallest absolute Gasteiger partial charge is 0.285 e. The molecular weight excluding hydrogens is 282 g/mol. The molecule has 1 amide bonds. The van der Waals surface area contributed by atoms with E-state index in [0.29, 0.717) is 16.4 Å². The summed E-state index contributed by atoms with van der Waals surface area (Å²) in [5, 5.41) is 0. The zero-order chi connectivity index (χ0) is 13.8. The van der Waals surface area contributed by atoms with Gasteiger partial charge in [0.15, 0.2) is 11.5 Å². The summed E-state index contributed by atoms with van der Waals surface area (Å²) in [5.41, 5.74) is 0.881. The van der Waals surface area contributed by atoms with E-state index in [4.69, 9.17) is 9.47 Å². The molecule has 1 aromatic rings. The second-order valence-corrected chi connectivity index (χ2v) is 5.70. The third-order valence-corrected chi connectivity index (χ3v) is 4.45. The van der Waals surface area contributed by atoms with Crippen LogP contribution in [0.15, 0.2) is 28.1 Å². The fourth-order valence-corrected chi connectivity index (χ4v) is 2.99. The van der Waals surface area contributed by atoms with Crippen LogP contribution in [0.1, 0.15) is 5.56 Å². The lowest BCUT2D eigenvalue weighted by Crippen LogP contribution is -1.92. The zero-order valence-electron chi connectivity index (χ0n) is 10.8. The molecule has 1 heterocycles. The van der Waals surface area contributed by atoms with Gasteiger partial charge < -0.3 is 9.47 Å². The predicted molar refractivity (Wildman–Crippen MR) is 81.1 cm³/mol. The summed E-state index contributed by atoms with van der Waals surface area (Å²) in [6.45, 7) is 0. The number of methoxy groups -OCH3 is 2. The third kappa shape index (κ3) is 3.13. The number of ether oxygens (including phenoxy) is 2. The van der Waals surface area contributed by atoms with Crippen LogP contribution in [0.5, 0.6) is 11.5 Å². The molecule has 0 saturated heterocycles. The van der Waals surface area contributed by atoms with Gasteiger partial charge in [-0.15, -0.1) is 11.8 Å². The Morgan fingerprint density at radius 1 is 1.26 bits per heavy atom. The number of nitrogens with zero attached hydrogens (tertiary/aromatic N) is 1. The van der Waals surface area contributed by atoms with Crippen LogP contribution in [0.4, 0.5) is 0 Å². The molecule has 6 heteroatoms. The van der Waals surface area contributed by atoms with Gasteiger partial charge in [-0.1, -0.05) is 17.8 Å². The number of thioether (sulfide) groups is 2. The minimum Gasteiger partial charge on any atom is -0.493 e. The van der Waals surface area contributed by atoms with Gasteiger partial charge in [-0.3, -0.25) is 4.79 Å². The van der Waals surface area contributed by atoms with Crippen LogP contribution >= 0.6 is 23.5 Å². The van der Waals surface area contributed by atoms with Crippen molar-refractivity contribution in [3.63, 3.8) is 0 Å². The molecule has 0 spiro atoms. The van der Waals surface area contributed by atoms with Gasteiger partial charge in [0.2, 0.25) is 0 Å². The molecule has 0 aromatic heterocycles. The second-order valence-electron chi connectivity index (χ2n) is 3.61. The molecule has 1 aliphatic heterocycles. The van der Waals surface area contributed by atoms with E-state index < -0.39 is 0 Å². The van der Waals surface area contributed by atoms with Gasteiger partial charge in [0, 0.05) is 0 Å². The van der Waals surface area contributed by atoms with Gasteiger partial charge in [0.25, 0.3) is 5.91 Å². The lowest BCUT2D eigenvalue weighted by atomic mass is 10.2. The normalized spacial score (nSPS) is 16.7. The summed E-state index contributed by atoms with van der Waals surface area (Å²) in [6, 6.07) is 5.52. The van der Waals surface area contributed by atoms with Crippen LogP contribution in [0.2, 0.25) is 0 Å². The lowest BCUT2D eigenvalue weighted by Gasteiger charge is -2.07. The van der Waals surface area contributed by atoms with E-state index in [-0.39, 0.29) is 5.91 Å². The van der Waals surface area contributed by atoms with Crippen LogP contribution in [-0.4, -0.2) is 30.8 Å². The van der Waals surface area contributed by atoms with Crippen molar-refractivity contribution >= 4 is 39.9 Å². The second kappa shape index (κ2) is 6.16. The van der Waals surface area contributed by atoms with Crippen LogP contribution in [0.3, 0.4) is 0 Å². The predicted octanol–water partition coefficient (Wildman–Crippen LogP) is 3.04. The molecule has 4 nitrogen and oxygen atoms in total. The molecule has 19 heavy (non-hydrogen) atoms. The molecule has 2 rings (SSSR count). The van der Waals surface area contributed by atoms with E-state index in [2.05, 4.69) is 4.99 Å². The Morgan fingerprint density at radius 2 is 2.00 bits per heavy atom. The molecule has 0 saturated carbocycles. The first-order valence-electron chi connectivity index (χ1n) is 5.46. The summed E-state index contributed by atoms with van der Waals surface area (Å²) in [7, 11) is 3.17. The van der Waals surface area contributed by atoms with Crippen LogP contribution < -0.4 is 9.47 Å². The number of hydrogen-bond acceptors (Lipinski definition) is 5. The number of benzene rings is 1. The summed E-state index contributed by atoms with van der Waals surface area (Å²) >= 11 is 2.86. The molecule has 0 radical (unpaired) electrons. The molecule has 0 unspecified atom stereocenters. The van der Waals surface area contributed by atoms with Gasteiger partial charge in [0.05, 0.1) is 19.1 Å². The minimum absolute atomic E-state index is 0.191. The maximum Gasteiger partial charge on any atom is 0.285 e. The van der Waals surface area contributed by atoms with E-state index in [1.54, 1.807) is 14.2 Å². The van der Waals surface area contributed by atoms with Crippen molar-refractivity contribution in [2.75, 3.05) is 20.5 Å². The number of aliphatic imine (C=N–C) groups is 1. The Hall–Kier alpha value is -1.40. The van der Waals surface area contributed by atoms with Crippen molar-refractivity contribution in [1.29, 1.82) is 0 Å². The Bertz CT molecular complexity index is 567. The van der Waals surface area contributed by atoms with Crippen molar-refractivity contribution in [1.82, 2.24) is 0 Å². The minimum atomic E-state index is -0.191. The van der Waals surface area contributed by atoms with Gasteiger partial charge in [0.1, 0.15) is 4.38 Å². The number of carbonyl (C=O) groups excluding carboxylic acids is 1. The molecule has 0 atom stereocenters. The summed E-state index contributed by atoms with van der Waals surface area (Å²) < 4.78 is 11.2. The third-order valence-electron chi connectivity index (χ3n) is 2.48. The van der Waals surface area contributed by atoms with E-state index >= 15 is 0 Å². The van der Waals surface area contributed by atoms with Gasteiger partial charge in [-0.25, -0.2) is 0 Å². The lowest BCUT2D eigenvalue weighted by molar-refractivity contribution is -0.113. The molecule has 0 fully saturated rings. The molecule has 1 aliphatic rings. The SMILES string of the molecule is COc1ccc(C=C2SC(SC)=NC2=O)cc1OC. The topological polar surface area (TPSA) is 47.9 Å². The van der Waals surface area contributed by atoms with E-state index in [0.717, 1.165) is 9.94 Å².